The van der Waals surface area contributed by atoms with Crippen LogP contribution in [0.25, 0.3) is 0 Å². The van der Waals surface area contributed by atoms with Crippen LogP contribution in [-0.2, 0) is 27.4 Å². The maximum Gasteiger partial charge on any atom is 0.306 e. The number of aromatic nitrogens is 1. The van der Waals surface area contributed by atoms with Crippen LogP contribution in [-0.4, -0.2) is 16.9 Å². The third-order valence-electron chi connectivity index (χ3n) is 6.35. The minimum Gasteiger partial charge on any atom is -0.459 e. The minimum atomic E-state index is -0.128. The average molecular weight is 413 g/mol. The van der Waals surface area contributed by atoms with E-state index in [0.717, 1.165) is 29.5 Å². The number of fused-ring (bicyclic) bond motifs is 2. The second kappa shape index (κ2) is 8.66. The topological polar surface area (TPSA) is 59.5 Å². The average Bonchev–Trinajstić information content (AvgIpc) is 3.44. The van der Waals surface area contributed by atoms with Crippen LogP contribution in [0.2, 0.25) is 0 Å². The van der Waals surface area contributed by atoms with Crippen LogP contribution in [0.4, 0.5) is 10.8 Å². The number of esters is 1. The van der Waals surface area contributed by atoms with Crippen LogP contribution in [0.3, 0.4) is 0 Å². The van der Waals surface area contributed by atoms with Crippen LogP contribution < -0.4 is 4.90 Å². The number of thiazole rings is 1. The molecule has 1 amide bonds. The summed E-state index contributed by atoms with van der Waals surface area (Å²) >= 11 is 1.40. The van der Waals surface area contributed by atoms with Crippen molar-refractivity contribution in [3.05, 3.63) is 40.9 Å². The first-order chi connectivity index (χ1) is 14.0. The van der Waals surface area contributed by atoms with Crippen molar-refractivity contribution in [1.29, 1.82) is 0 Å². The predicted octanol–water partition coefficient (Wildman–Crippen LogP) is 5.26. The number of para-hydroxylation sites is 1. The lowest BCUT2D eigenvalue weighted by atomic mass is 9.86. The molecule has 2 bridgehead atoms. The number of benzene rings is 1. The Kier molecular flexibility index (Phi) is 5.99. The first-order valence-corrected chi connectivity index (χ1v) is 11.4. The van der Waals surface area contributed by atoms with E-state index in [0.29, 0.717) is 23.2 Å². The van der Waals surface area contributed by atoms with Crippen molar-refractivity contribution in [2.24, 2.45) is 17.8 Å². The number of aryl methyl sites for hydroxylation is 1. The molecular weight excluding hydrogens is 384 g/mol. The first-order valence-electron chi connectivity index (χ1n) is 10.5. The van der Waals surface area contributed by atoms with Gasteiger partial charge in [0.15, 0.2) is 5.13 Å². The van der Waals surface area contributed by atoms with E-state index in [2.05, 4.69) is 11.9 Å². The zero-order valence-corrected chi connectivity index (χ0v) is 17.9. The van der Waals surface area contributed by atoms with E-state index in [1.807, 2.05) is 29.6 Å². The molecule has 1 heterocycles. The molecule has 1 aromatic carbocycles. The first kappa shape index (κ1) is 20.1. The molecular formula is C23H28N2O3S. The van der Waals surface area contributed by atoms with Crippen molar-refractivity contribution in [2.75, 3.05) is 4.90 Å². The maximum atomic E-state index is 12.4. The highest BCUT2D eigenvalue weighted by atomic mass is 32.1. The quantitative estimate of drug-likeness (QED) is 0.582. The summed E-state index contributed by atoms with van der Waals surface area (Å²) in [4.78, 5) is 30.9. The lowest BCUT2D eigenvalue weighted by Crippen LogP contribution is -2.23. The van der Waals surface area contributed by atoms with Gasteiger partial charge in [0.1, 0.15) is 6.61 Å². The summed E-state index contributed by atoms with van der Waals surface area (Å²) in [7, 11) is 0. The number of amides is 1. The van der Waals surface area contributed by atoms with Gasteiger partial charge in [-0.1, -0.05) is 31.5 Å². The molecule has 0 spiro atoms. The summed E-state index contributed by atoms with van der Waals surface area (Å²) in [6.07, 6.45) is 6.46. The lowest BCUT2D eigenvalue weighted by molar-refractivity contribution is -0.146. The molecule has 29 heavy (non-hydrogen) atoms. The molecule has 1 aromatic heterocycles. The van der Waals surface area contributed by atoms with Gasteiger partial charge < -0.3 is 4.74 Å². The van der Waals surface area contributed by atoms with Gasteiger partial charge in [-0.15, -0.1) is 11.3 Å². The fourth-order valence-corrected chi connectivity index (χ4v) is 5.82. The molecule has 5 nitrogen and oxygen atoms in total. The summed E-state index contributed by atoms with van der Waals surface area (Å²) in [5.41, 5.74) is 2.64. The van der Waals surface area contributed by atoms with Gasteiger partial charge in [-0.05, 0) is 55.1 Å². The van der Waals surface area contributed by atoms with Crippen LogP contribution in [0.1, 0.15) is 57.2 Å². The molecule has 2 aliphatic rings. The van der Waals surface area contributed by atoms with Crippen molar-refractivity contribution in [3.8, 4) is 0 Å². The highest BCUT2D eigenvalue weighted by Crippen LogP contribution is 2.49. The second-order valence-electron chi connectivity index (χ2n) is 8.26. The van der Waals surface area contributed by atoms with E-state index in [1.54, 1.807) is 11.8 Å². The molecule has 0 radical (unpaired) electrons. The van der Waals surface area contributed by atoms with Crippen LogP contribution in [0, 0.1) is 17.8 Å². The molecule has 0 aliphatic heterocycles. The van der Waals surface area contributed by atoms with Crippen molar-refractivity contribution in [1.82, 2.24) is 4.98 Å². The largest absolute Gasteiger partial charge is 0.459 e. The molecule has 0 N–H and O–H groups in total. The van der Waals surface area contributed by atoms with E-state index in [1.165, 1.54) is 37.0 Å². The van der Waals surface area contributed by atoms with Gasteiger partial charge in [0.05, 0.1) is 11.4 Å². The number of nitrogens with zero attached hydrogens (tertiary/aromatic N) is 2. The highest BCUT2D eigenvalue weighted by molar-refractivity contribution is 7.14. The molecule has 6 heteroatoms. The Labute approximate surface area is 176 Å². The molecule has 0 unspecified atom stereocenters. The van der Waals surface area contributed by atoms with Crippen LogP contribution in [0.5, 0.6) is 0 Å². The number of hydrogen-bond donors (Lipinski definition) is 0. The number of carbonyl (C=O) groups is 2. The van der Waals surface area contributed by atoms with Gasteiger partial charge >= 0.3 is 5.97 Å². The molecule has 2 saturated carbocycles. The molecule has 2 aromatic rings. The molecule has 2 fully saturated rings. The Morgan fingerprint density at radius 3 is 2.76 bits per heavy atom. The number of rotatable bonds is 7. The monoisotopic (exact) mass is 412 g/mol. The smallest absolute Gasteiger partial charge is 0.306 e. The summed E-state index contributed by atoms with van der Waals surface area (Å²) in [6, 6.07) is 7.87. The third kappa shape index (κ3) is 4.37. The second-order valence-corrected chi connectivity index (χ2v) is 9.09. The zero-order chi connectivity index (χ0) is 20.4. The fourth-order valence-electron chi connectivity index (χ4n) is 4.95. The summed E-state index contributed by atoms with van der Waals surface area (Å²) in [5.74, 6) is 1.85. The van der Waals surface area contributed by atoms with E-state index in [-0.39, 0.29) is 18.5 Å². The van der Waals surface area contributed by atoms with Gasteiger partial charge in [0.2, 0.25) is 5.91 Å². The SMILES string of the molecule is CCc1ccccc1N(C(C)=O)c1nc(COC(=O)C[C@H]2C[C@@H]3CC[C@@H]2C3)cs1. The van der Waals surface area contributed by atoms with Gasteiger partial charge in [-0.3, -0.25) is 14.5 Å². The number of anilines is 2. The van der Waals surface area contributed by atoms with E-state index in [4.69, 9.17) is 4.74 Å². The minimum absolute atomic E-state index is 0.0833. The standard InChI is InChI=1S/C23H28N2O3S/c1-3-17-6-4-5-7-21(17)25(15(2)26)23-24-20(14-29-23)13-28-22(27)12-19-11-16-8-9-18(19)10-16/h4-7,14,16,18-19H,3,8-13H2,1-2H3/t16-,18-,19-/m1/s1. The van der Waals surface area contributed by atoms with E-state index >= 15 is 0 Å². The zero-order valence-electron chi connectivity index (χ0n) is 17.1. The molecule has 4 rings (SSSR count). The van der Waals surface area contributed by atoms with Gasteiger partial charge in [0, 0.05) is 18.7 Å². The van der Waals surface area contributed by atoms with Crippen molar-refractivity contribution in [2.45, 2.75) is 59.0 Å². The Morgan fingerprint density at radius 2 is 2.07 bits per heavy atom. The summed E-state index contributed by atoms with van der Waals surface area (Å²) in [6.45, 7) is 3.78. The maximum absolute atomic E-state index is 12.4. The van der Waals surface area contributed by atoms with Gasteiger partial charge in [0.25, 0.3) is 0 Å². The van der Waals surface area contributed by atoms with Crippen molar-refractivity contribution in [3.63, 3.8) is 0 Å². The molecule has 2 aliphatic carbocycles. The van der Waals surface area contributed by atoms with Crippen molar-refractivity contribution < 1.29 is 14.3 Å². The Balaban J connectivity index is 1.39. The van der Waals surface area contributed by atoms with Gasteiger partial charge in [-0.2, -0.15) is 0 Å². The van der Waals surface area contributed by atoms with E-state index < -0.39 is 0 Å². The number of hydrogen-bond acceptors (Lipinski definition) is 5. The third-order valence-corrected chi connectivity index (χ3v) is 7.23. The highest BCUT2D eigenvalue weighted by Gasteiger charge is 2.40. The lowest BCUT2D eigenvalue weighted by Gasteiger charge is -2.21. The molecule has 154 valence electrons. The predicted molar refractivity (Wildman–Crippen MR) is 114 cm³/mol. The number of carbonyl (C=O) groups excluding carboxylic acids is 2. The van der Waals surface area contributed by atoms with Crippen LogP contribution >= 0.6 is 11.3 Å². The van der Waals surface area contributed by atoms with Crippen molar-refractivity contribution >= 4 is 34.0 Å². The Morgan fingerprint density at radius 1 is 1.24 bits per heavy atom. The Hall–Kier alpha value is -2.21. The molecule has 0 saturated heterocycles. The van der Waals surface area contributed by atoms with E-state index in [9.17, 15) is 9.59 Å². The summed E-state index contributed by atoms with van der Waals surface area (Å²) in [5, 5.41) is 2.47. The molecule has 3 atom stereocenters. The normalized spacial score (nSPS) is 22.6. The number of ether oxygens (including phenoxy) is 1. The fraction of sp³-hybridized carbons (Fsp3) is 0.522. The van der Waals surface area contributed by atoms with Gasteiger partial charge in [-0.25, -0.2) is 4.98 Å². The summed E-state index contributed by atoms with van der Waals surface area (Å²) < 4.78 is 5.50. The Bertz CT molecular complexity index is 894. The van der Waals surface area contributed by atoms with Crippen LogP contribution in [0.15, 0.2) is 29.6 Å².